The van der Waals surface area contributed by atoms with E-state index in [1.54, 1.807) is 12.1 Å². The number of rotatable bonds is 5. The van der Waals surface area contributed by atoms with Crippen LogP contribution >= 0.6 is 0 Å². The first-order valence-corrected chi connectivity index (χ1v) is 9.76. The van der Waals surface area contributed by atoms with Gasteiger partial charge in [-0.05, 0) is 42.4 Å². The number of ether oxygens (including phenoxy) is 2. The molecule has 0 saturated carbocycles. The van der Waals surface area contributed by atoms with Crippen molar-refractivity contribution in [3.05, 3.63) is 41.3 Å². The van der Waals surface area contributed by atoms with E-state index in [1.165, 1.54) is 13.4 Å². The predicted molar refractivity (Wildman–Crippen MR) is 107 cm³/mol. The number of aliphatic carboxylic acids is 1. The fraction of sp³-hybridized carbons (Fsp3) is 0.500. The van der Waals surface area contributed by atoms with Crippen LogP contribution in [0.25, 0.3) is 10.9 Å². The number of piperidine rings is 1. The zero-order valence-corrected chi connectivity index (χ0v) is 16.2. The standard InChI is InChI=1S/C22H28N2O4/c1-4-13-11-24-9-8-14-20-17(6-5-7-19(20)28-3)23-21(14)18(24)10-15(13)16(12-27-2)22(25)26/h5-7,12-13,15,18,23H,4,8-11H2,1-3H3,(H,25,26)/b16-12+/t13-,15+,18+/m1/s1/i3D3. The normalized spacial score (nSPS) is 27.3. The summed E-state index contributed by atoms with van der Waals surface area (Å²) < 4.78 is 32.9. The van der Waals surface area contributed by atoms with Crippen molar-refractivity contribution in [3.63, 3.8) is 0 Å². The maximum atomic E-state index is 11.9. The molecule has 2 aliphatic heterocycles. The van der Waals surface area contributed by atoms with Gasteiger partial charge < -0.3 is 19.6 Å². The Balaban J connectivity index is 1.76. The summed E-state index contributed by atoms with van der Waals surface area (Å²) in [7, 11) is -1.05. The molecule has 0 amide bonds. The highest BCUT2D eigenvalue weighted by molar-refractivity contribution is 5.91. The number of benzene rings is 1. The molecule has 28 heavy (non-hydrogen) atoms. The van der Waals surface area contributed by atoms with Gasteiger partial charge in [-0.25, -0.2) is 4.79 Å². The first kappa shape index (κ1) is 15.5. The number of nitrogens with zero attached hydrogens (tertiary/aromatic N) is 1. The molecule has 0 spiro atoms. The monoisotopic (exact) mass is 387 g/mol. The Hall–Kier alpha value is -2.47. The summed E-state index contributed by atoms with van der Waals surface area (Å²) >= 11 is 0. The molecule has 1 aromatic heterocycles. The third-order valence-corrected chi connectivity index (χ3v) is 6.39. The number of carboxylic acid groups (broad SMARTS) is 1. The number of aromatic nitrogens is 1. The maximum absolute atomic E-state index is 11.9. The predicted octanol–water partition coefficient (Wildman–Crippen LogP) is 3.74. The van der Waals surface area contributed by atoms with Gasteiger partial charge in [0.15, 0.2) is 0 Å². The molecule has 2 N–H and O–H groups in total. The topological polar surface area (TPSA) is 74.8 Å². The quantitative estimate of drug-likeness (QED) is 0.604. The summed E-state index contributed by atoms with van der Waals surface area (Å²) in [4.78, 5) is 17.8. The van der Waals surface area contributed by atoms with Crippen molar-refractivity contribution in [2.75, 3.05) is 27.2 Å². The van der Waals surface area contributed by atoms with Crippen molar-refractivity contribution < 1.29 is 23.5 Å². The summed E-state index contributed by atoms with van der Waals surface area (Å²) in [6.45, 7) is 3.75. The summed E-state index contributed by atoms with van der Waals surface area (Å²) in [5, 5.41) is 10.6. The number of carbonyl (C=O) groups is 1. The van der Waals surface area contributed by atoms with Crippen molar-refractivity contribution >= 4 is 16.9 Å². The van der Waals surface area contributed by atoms with E-state index in [9.17, 15) is 9.90 Å². The highest BCUT2D eigenvalue weighted by atomic mass is 16.5. The summed E-state index contributed by atoms with van der Waals surface area (Å²) in [6.07, 6.45) is 3.70. The SMILES string of the molecule is [2H]C([2H])([2H])Oc1cccc2[nH]c3c(c12)CCN1C[C@@H](CC)[C@@H](/C(=C\OC)C(=O)O)C[C@@H]31. The Morgan fingerprint density at radius 2 is 2.36 bits per heavy atom. The minimum atomic E-state index is -2.52. The Labute approximate surface area is 169 Å². The lowest BCUT2D eigenvalue weighted by atomic mass is 9.74. The van der Waals surface area contributed by atoms with Gasteiger partial charge in [-0.15, -0.1) is 0 Å². The number of aromatic amines is 1. The van der Waals surface area contributed by atoms with Crippen LogP contribution < -0.4 is 4.74 Å². The van der Waals surface area contributed by atoms with Crippen LogP contribution in [-0.4, -0.2) is 48.2 Å². The number of H-pyrrole nitrogens is 1. The van der Waals surface area contributed by atoms with Crippen LogP contribution in [-0.2, 0) is 16.0 Å². The molecule has 0 bridgehead atoms. The number of nitrogens with one attached hydrogen (secondary N) is 1. The van der Waals surface area contributed by atoms with Gasteiger partial charge >= 0.3 is 5.97 Å². The van der Waals surface area contributed by atoms with Gasteiger partial charge in [0.05, 0.1) is 36.1 Å². The van der Waals surface area contributed by atoms with E-state index >= 15 is 0 Å². The highest BCUT2D eigenvalue weighted by Crippen LogP contribution is 2.46. The summed E-state index contributed by atoms with van der Waals surface area (Å²) in [5.41, 5.74) is 3.25. The number of hydrogen-bond acceptors (Lipinski definition) is 4. The van der Waals surface area contributed by atoms with E-state index in [-0.39, 0.29) is 17.9 Å². The first-order chi connectivity index (χ1) is 14.7. The molecular weight excluding hydrogens is 356 g/mol. The Kier molecular flexibility index (Phi) is 4.14. The van der Waals surface area contributed by atoms with E-state index in [4.69, 9.17) is 13.6 Å². The second-order valence-electron chi connectivity index (χ2n) is 7.68. The van der Waals surface area contributed by atoms with E-state index in [1.807, 2.05) is 6.07 Å². The van der Waals surface area contributed by atoms with Gasteiger partial charge in [0.25, 0.3) is 0 Å². The van der Waals surface area contributed by atoms with Gasteiger partial charge in [-0.3, -0.25) is 4.90 Å². The molecule has 0 aliphatic carbocycles. The molecule has 1 aromatic carbocycles. The lowest BCUT2D eigenvalue weighted by molar-refractivity contribution is -0.134. The van der Waals surface area contributed by atoms with Crippen LogP contribution in [0, 0.1) is 11.8 Å². The molecule has 4 rings (SSSR count). The zero-order chi connectivity index (χ0) is 22.3. The third kappa shape index (κ3) is 2.96. The van der Waals surface area contributed by atoms with E-state index in [0.717, 1.165) is 48.1 Å². The van der Waals surface area contributed by atoms with E-state index < -0.39 is 13.0 Å². The third-order valence-electron chi connectivity index (χ3n) is 6.39. The second kappa shape index (κ2) is 7.51. The smallest absolute Gasteiger partial charge is 0.334 e. The van der Waals surface area contributed by atoms with Crippen molar-refractivity contribution in [1.29, 1.82) is 0 Å². The van der Waals surface area contributed by atoms with Crippen LogP contribution in [0.2, 0.25) is 0 Å². The molecule has 1 fully saturated rings. The van der Waals surface area contributed by atoms with Gasteiger partial charge in [0.1, 0.15) is 5.75 Å². The zero-order valence-electron chi connectivity index (χ0n) is 19.2. The van der Waals surface area contributed by atoms with Crippen LogP contribution in [0.3, 0.4) is 0 Å². The molecule has 2 aromatic rings. The molecule has 0 radical (unpaired) electrons. The largest absolute Gasteiger partial charge is 0.504 e. The van der Waals surface area contributed by atoms with Crippen LogP contribution in [0.15, 0.2) is 30.0 Å². The Morgan fingerprint density at radius 1 is 1.50 bits per heavy atom. The highest BCUT2D eigenvalue weighted by Gasteiger charge is 2.42. The van der Waals surface area contributed by atoms with Gasteiger partial charge in [0.2, 0.25) is 0 Å². The molecule has 3 heterocycles. The molecule has 2 aliphatic rings. The van der Waals surface area contributed by atoms with Crippen LogP contribution in [0.4, 0.5) is 0 Å². The average molecular weight is 387 g/mol. The van der Waals surface area contributed by atoms with E-state index in [0.29, 0.717) is 17.7 Å². The molecule has 3 atom stereocenters. The van der Waals surface area contributed by atoms with Crippen molar-refractivity contribution in [1.82, 2.24) is 9.88 Å². The van der Waals surface area contributed by atoms with Gasteiger partial charge in [0, 0.05) is 29.7 Å². The molecule has 1 saturated heterocycles. The lowest BCUT2D eigenvalue weighted by Gasteiger charge is -2.46. The minimum Gasteiger partial charge on any atom is -0.504 e. The summed E-state index contributed by atoms with van der Waals surface area (Å²) in [6, 6.07) is 5.43. The number of carboxylic acids is 1. The van der Waals surface area contributed by atoms with Crippen molar-refractivity contribution in [2.24, 2.45) is 11.8 Å². The second-order valence-corrected chi connectivity index (χ2v) is 7.68. The van der Waals surface area contributed by atoms with Crippen molar-refractivity contribution in [3.8, 4) is 5.75 Å². The summed E-state index contributed by atoms with van der Waals surface area (Å²) in [5.74, 6) is -0.485. The molecule has 0 unspecified atom stereocenters. The van der Waals surface area contributed by atoms with Crippen LogP contribution in [0.5, 0.6) is 5.75 Å². The average Bonchev–Trinajstić information content (AvgIpc) is 3.09. The lowest BCUT2D eigenvalue weighted by Crippen LogP contribution is -2.46. The molecule has 6 heteroatoms. The van der Waals surface area contributed by atoms with Gasteiger partial charge in [-0.1, -0.05) is 19.4 Å². The fourth-order valence-corrected chi connectivity index (χ4v) is 5.09. The Bertz CT molecular complexity index is 1010. The molecule has 150 valence electrons. The fourth-order valence-electron chi connectivity index (χ4n) is 5.09. The minimum absolute atomic E-state index is 0.0316. The number of methoxy groups -OCH3 is 2. The molecular formula is C22H28N2O4. The Morgan fingerprint density at radius 3 is 3.07 bits per heavy atom. The number of fused-ring (bicyclic) bond motifs is 5. The van der Waals surface area contributed by atoms with Crippen LogP contribution in [0.1, 0.15) is 41.2 Å². The van der Waals surface area contributed by atoms with Crippen molar-refractivity contribution in [2.45, 2.75) is 32.2 Å². The maximum Gasteiger partial charge on any atom is 0.334 e. The first-order valence-electron chi connectivity index (χ1n) is 11.3. The van der Waals surface area contributed by atoms with E-state index in [2.05, 4.69) is 16.8 Å². The number of hydrogen-bond donors (Lipinski definition) is 2. The van der Waals surface area contributed by atoms with Gasteiger partial charge in [-0.2, -0.15) is 0 Å². The molecule has 6 nitrogen and oxygen atoms in total.